The molecule has 12 heavy (non-hydrogen) atoms. The molecule has 6 heteroatoms. The van der Waals surface area contributed by atoms with E-state index in [1.165, 1.54) is 0 Å². The minimum absolute atomic E-state index is 0.831. The van der Waals surface area contributed by atoms with Crippen molar-refractivity contribution in [3.8, 4) is 0 Å². The minimum atomic E-state index is -2.23. The molecule has 0 unspecified atom stereocenters. The summed E-state index contributed by atoms with van der Waals surface area (Å²) in [6.45, 7) is 1.28. The third kappa shape index (κ3) is 5.89. The lowest BCUT2D eigenvalue weighted by Gasteiger charge is -2.16. The Morgan fingerprint density at radius 1 is 1.17 bits per heavy atom. The molecule has 72 valence electrons. The third-order valence-electron chi connectivity index (χ3n) is 1.37. The average molecular weight is 282 g/mol. The lowest BCUT2D eigenvalue weighted by atomic mass is 10.5. The Morgan fingerprint density at radius 3 is 1.67 bits per heavy atom. The van der Waals surface area contributed by atoms with Crippen molar-refractivity contribution in [1.29, 1.82) is 0 Å². The largest absolute Gasteiger partial charge is 0.273 e. The van der Waals surface area contributed by atoms with E-state index in [-0.39, 0.29) is 0 Å². The van der Waals surface area contributed by atoms with Crippen molar-refractivity contribution in [2.75, 3.05) is 0 Å². The van der Waals surface area contributed by atoms with Crippen LogP contribution in [0.25, 0.3) is 0 Å². The molecule has 0 rings (SSSR count). The first kappa shape index (κ1) is 13.3. The lowest BCUT2D eigenvalue weighted by molar-refractivity contribution is 1.19. The fraction of sp³-hybridized carbons (Fsp3) is 0.667. The van der Waals surface area contributed by atoms with E-state index in [4.69, 9.17) is 44.3 Å². The molecule has 0 aromatic carbocycles. The maximum atomic E-state index is 6.05. The van der Waals surface area contributed by atoms with Crippen LogP contribution in [-0.2, 0) is 0 Å². The summed E-state index contributed by atoms with van der Waals surface area (Å²) < 4.78 is 0. The highest BCUT2D eigenvalue weighted by molar-refractivity contribution is 7.50. The van der Waals surface area contributed by atoms with Gasteiger partial charge in [-0.05, 0) is 19.5 Å². The monoisotopic (exact) mass is 280 g/mol. The summed E-state index contributed by atoms with van der Waals surface area (Å²) >= 11 is 24.0. The van der Waals surface area contributed by atoms with E-state index >= 15 is 0 Å². The van der Waals surface area contributed by atoms with Crippen molar-refractivity contribution in [2.24, 2.45) is 0 Å². The van der Waals surface area contributed by atoms with Crippen LogP contribution in [0.1, 0.15) is 13.3 Å². The van der Waals surface area contributed by atoms with E-state index in [0.29, 0.717) is 0 Å². The summed E-state index contributed by atoms with van der Waals surface area (Å²) in [5.74, 6) is 0. The van der Waals surface area contributed by atoms with Crippen LogP contribution in [0, 0.1) is 0 Å². The Bertz CT molecular complexity index is 177. The molecule has 0 nitrogen and oxygen atoms in total. The fourth-order valence-electron chi connectivity index (χ4n) is 0.845. The zero-order chi connectivity index (χ0) is 9.99. The third-order valence-corrected chi connectivity index (χ3v) is 6.25. The Balaban J connectivity index is 4.68. The van der Waals surface area contributed by atoms with Crippen LogP contribution in [0.3, 0.4) is 0 Å². The maximum Gasteiger partial charge on any atom is 0.273 e. The van der Waals surface area contributed by atoms with Gasteiger partial charge in [0, 0.05) is 0 Å². The van der Waals surface area contributed by atoms with Crippen molar-refractivity contribution in [2.45, 2.75) is 26.4 Å². The van der Waals surface area contributed by atoms with E-state index in [9.17, 15) is 0 Å². The van der Waals surface area contributed by atoms with Gasteiger partial charge in [-0.25, -0.2) is 0 Å². The van der Waals surface area contributed by atoms with Crippen LogP contribution in [0.5, 0.6) is 0 Å². The molecule has 0 atom stereocenters. The predicted octanol–water partition coefficient (Wildman–Crippen LogP) is 4.50. The Morgan fingerprint density at radius 2 is 1.58 bits per heavy atom. The zero-order valence-corrected chi connectivity index (χ0v) is 12.3. The minimum Gasteiger partial charge on any atom is -0.141 e. The highest BCUT2D eigenvalue weighted by Crippen LogP contribution is 2.30. The molecule has 0 fully saturated rings. The second-order valence-electron chi connectivity index (χ2n) is 2.87. The highest BCUT2D eigenvalue weighted by Gasteiger charge is 2.29. The molecule has 0 aliphatic carbocycles. The zero-order valence-electron chi connectivity index (χ0n) is 7.30. The highest BCUT2D eigenvalue weighted by atomic mass is 35.7. The maximum absolute atomic E-state index is 6.05. The second kappa shape index (κ2) is 4.71. The Labute approximate surface area is 94.7 Å². The smallest absolute Gasteiger partial charge is 0.141 e. The van der Waals surface area contributed by atoms with Crippen LogP contribution < -0.4 is 0 Å². The normalized spacial score (nSPS) is 15.1. The van der Waals surface area contributed by atoms with E-state index < -0.39 is 13.4 Å². The van der Waals surface area contributed by atoms with Crippen molar-refractivity contribution < 1.29 is 0 Å². The number of rotatable bonds is 3. The molecule has 0 aliphatic rings. The Kier molecular flexibility index (Phi) is 5.24. The summed E-state index contributed by atoms with van der Waals surface area (Å²) in [7, 11) is 0. The first-order chi connectivity index (χ1) is 5.17. The van der Waals surface area contributed by atoms with Crippen LogP contribution in [0.15, 0.2) is 10.9 Å². The topological polar surface area (TPSA) is 0 Å². The molecule has 0 N–H and O–H groups in total. The molecular formula is C6H12Cl4Si2. The standard InChI is InChI=1S/C6H12Cl4Si2/c1-4-6(12(3,9)10)5-11(2,7)8/h5H,4H2,1-3H3/b6-5-. The molecule has 0 aromatic rings. The van der Waals surface area contributed by atoms with Gasteiger partial charge < -0.3 is 0 Å². The van der Waals surface area contributed by atoms with Crippen LogP contribution >= 0.6 is 44.3 Å². The van der Waals surface area contributed by atoms with E-state index in [2.05, 4.69) is 0 Å². The first-order valence-corrected chi connectivity index (χ1v) is 12.8. The predicted molar refractivity (Wildman–Crippen MR) is 65.0 cm³/mol. The van der Waals surface area contributed by atoms with E-state index in [0.717, 1.165) is 11.6 Å². The van der Waals surface area contributed by atoms with Gasteiger partial charge in [-0.3, -0.25) is 0 Å². The van der Waals surface area contributed by atoms with E-state index in [1.54, 1.807) is 0 Å². The molecule has 0 aromatic heterocycles. The van der Waals surface area contributed by atoms with Gasteiger partial charge >= 0.3 is 0 Å². The van der Waals surface area contributed by atoms with Gasteiger partial charge in [0.25, 0.3) is 13.4 Å². The number of halogens is 4. The molecule has 0 spiro atoms. The van der Waals surface area contributed by atoms with Gasteiger partial charge in [0.2, 0.25) is 0 Å². The van der Waals surface area contributed by atoms with Crippen LogP contribution in [0.2, 0.25) is 13.1 Å². The number of hydrogen-bond acceptors (Lipinski definition) is 0. The van der Waals surface area contributed by atoms with Gasteiger partial charge in [0.1, 0.15) is 0 Å². The number of allylic oxidation sites excluding steroid dienone is 1. The molecule has 0 radical (unpaired) electrons. The molecule has 0 saturated heterocycles. The van der Waals surface area contributed by atoms with Gasteiger partial charge in [0.05, 0.1) is 0 Å². The summed E-state index contributed by atoms with van der Waals surface area (Å²) in [6.07, 6.45) is 0.831. The molecule has 0 bridgehead atoms. The quantitative estimate of drug-likeness (QED) is 0.528. The number of hydrogen-bond donors (Lipinski definition) is 0. The summed E-state index contributed by atoms with van der Waals surface area (Å²) in [6, 6.07) is 0. The Hall–Kier alpha value is 1.33. The fourth-order valence-corrected chi connectivity index (χ4v) is 7.28. The molecule has 0 saturated carbocycles. The van der Waals surface area contributed by atoms with Crippen LogP contribution in [0.4, 0.5) is 0 Å². The van der Waals surface area contributed by atoms with Crippen molar-refractivity contribution in [1.82, 2.24) is 0 Å². The van der Waals surface area contributed by atoms with Gasteiger partial charge in [-0.1, -0.05) is 17.8 Å². The van der Waals surface area contributed by atoms with Crippen molar-refractivity contribution in [3.05, 3.63) is 10.9 Å². The summed E-state index contributed by atoms with van der Waals surface area (Å²) in [5.41, 5.74) is 1.88. The van der Waals surface area contributed by atoms with Gasteiger partial charge in [0.15, 0.2) is 0 Å². The van der Waals surface area contributed by atoms with Gasteiger partial charge in [-0.15, -0.1) is 44.3 Å². The molecule has 0 aliphatic heterocycles. The molecular weight excluding hydrogens is 270 g/mol. The first-order valence-electron chi connectivity index (χ1n) is 3.64. The molecule has 0 heterocycles. The van der Waals surface area contributed by atoms with Crippen LogP contribution in [-0.4, -0.2) is 13.4 Å². The SMILES string of the molecule is CC/C(=C/[Si](C)(Cl)Cl)[Si](C)(Cl)Cl. The lowest BCUT2D eigenvalue weighted by Crippen LogP contribution is -2.21. The van der Waals surface area contributed by atoms with Gasteiger partial charge in [-0.2, -0.15) is 0 Å². The summed E-state index contributed by atoms with van der Waals surface area (Å²) in [5, 5.41) is 1.03. The van der Waals surface area contributed by atoms with Crippen molar-refractivity contribution >= 4 is 57.7 Å². The average Bonchev–Trinajstić information content (AvgIpc) is 1.78. The van der Waals surface area contributed by atoms with E-state index in [1.807, 2.05) is 25.7 Å². The second-order valence-corrected chi connectivity index (χ2v) is 17.9. The summed E-state index contributed by atoms with van der Waals surface area (Å²) in [4.78, 5) is 0. The van der Waals surface area contributed by atoms with Crippen molar-refractivity contribution in [3.63, 3.8) is 0 Å². The molecule has 0 amide bonds.